The first-order chi connectivity index (χ1) is 9.15. The Morgan fingerprint density at radius 1 is 1.26 bits per heavy atom. The summed E-state index contributed by atoms with van der Waals surface area (Å²) < 4.78 is 31.6. The highest BCUT2D eigenvalue weighted by Gasteiger charge is 2.30. The van der Waals surface area contributed by atoms with Crippen molar-refractivity contribution in [2.24, 2.45) is 5.73 Å². The molecule has 1 saturated carbocycles. The van der Waals surface area contributed by atoms with Gasteiger partial charge in [0.05, 0.1) is 11.5 Å². The summed E-state index contributed by atoms with van der Waals surface area (Å²) in [5, 5.41) is 3.75. The number of hydrogen-bond acceptors (Lipinski definition) is 4. The van der Waals surface area contributed by atoms with E-state index in [0.29, 0.717) is 5.89 Å². The predicted molar refractivity (Wildman–Crippen MR) is 64.2 cm³/mol. The first kappa shape index (κ1) is 12.2. The normalized spacial score (nSPS) is 22.9. The molecule has 100 valence electrons. The molecule has 0 spiro atoms. The molecule has 2 N–H and O–H groups in total. The maximum atomic E-state index is 13.6. The zero-order valence-corrected chi connectivity index (χ0v) is 10.1. The van der Waals surface area contributed by atoms with Crippen LogP contribution in [0.1, 0.15) is 31.1 Å². The molecule has 1 fully saturated rings. The van der Waals surface area contributed by atoms with Crippen LogP contribution in [0.5, 0.6) is 0 Å². The molecule has 6 heteroatoms. The summed E-state index contributed by atoms with van der Waals surface area (Å²) in [7, 11) is 0. The summed E-state index contributed by atoms with van der Waals surface area (Å²) in [6.45, 7) is 0. The minimum Gasteiger partial charge on any atom is -0.339 e. The first-order valence-corrected chi connectivity index (χ1v) is 6.20. The maximum absolute atomic E-state index is 13.6. The Balaban J connectivity index is 1.92. The molecule has 0 amide bonds. The molecule has 2 atom stereocenters. The number of rotatable bonds is 2. The Morgan fingerprint density at radius 3 is 2.79 bits per heavy atom. The summed E-state index contributed by atoms with van der Waals surface area (Å²) in [4.78, 5) is 4.18. The number of benzene rings is 1. The van der Waals surface area contributed by atoms with E-state index >= 15 is 0 Å². The lowest BCUT2D eigenvalue weighted by atomic mass is 10.1. The Hall–Kier alpha value is -1.82. The SMILES string of the molecule is NC1CCCC1c1nc(-c2ccc(F)cc2F)no1. The van der Waals surface area contributed by atoms with Gasteiger partial charge in [-0.3, -0.25) is 0 Å². The standard InChI is InChI=1S/C13H13F2N3O/c14-7-4-5-8(10(15)6-7)12-17-13(19-18-12)9-2-1-3-11(9)16/h4-6,9,11H,1-3,16H2. The molecule has 19 heavy (non-hydrogen) atoms. The van der Waals surface area contributed by atoms with Crippen molar-refractivity contribution in [3.8, 4) is 11.4 Å². The molecule has 1 aromatic carbocycles. The van der Waals surface area contributed by atoms with Gasteiger partial charge in [0.25, 0.3) is 0 Å². The second-order valence-electron chi connectivity index (χ2n) is 4.78. The zero-order chi connectivity index (χ0) is 13.4. The Kier molecular flexibility index (Phi) is 3.02. The highest BCUT2D eigenvalue weighted by Crippen LogP contribution is 2.33. The number of nitrogens with two attached hydrogens (primary N) is 1. The van der Waals surface area contributed by atoms with Crippen molar-refractivity contribution in [3.05, 3.63) is 35.7 Å². The van der Waals surface area contributed by atoms with Crippen molar-refractivity contribution >= 4 is 0 Å². The molecule has 0 saturated heterocycles. The van der Waals surface area contributed by atoms with Crippen molar-refractivity contribution < 1.29 is 13.3 Å². The van der Waals surface area contributed by atoms with Gasteiger partial charge in [-0.1, -0.05) is 11.6 Å². The molecule has 1 aliphatic rings. The summed E-state index contributed by atoms with van der Waals surface area (Å²) in [5.41, 5.74) is 6.09. The molecule has 2 unspecified atom stereocenters. The monoisotopic (exact) mass is 265 g/mol. The van der Waals surface area contributed by atoms with Crippen LogP contribution in [0.15, 0.2) is 22.7 Å². The lowest BCUT2D eigenvalue weighted by molar-refractivity contribution is 0.345. The van der Waals surface area contributed by atoms with Gasteiger partial charge in [0.1, 0.15) is 11.6 Å². The van der Waals surface area contributed by atoms with Gasteiger partial charge < -0.3 is 10.3 Å². The minimum atomic E-state index is -0.705. The number of nitrogens with zero attached hydrogens (tertiary/aromatic N) is 2. The maximum Gasteiger partial charge on any atom is 0.231 e. The molecule has 1 aromatic heterocycles. The van der Waals surface area contributed by atoms with Crippen LogP contribution >= 0.6 is 0 Å². The molecule has 0 bridgehead atoms. The van der Waals surface area contributed by atoms with E-state index in [1.54, 1.807) is 0 Å². The van der Waals surface area contributed by atoms with E-state index in [-0.39, 0.29) is 23.3 Å². The van der Waals surface area contributed by atoms with Gasteiger partial charge in [0, 0.05) is 12.1 Å². The van der Waals surface area contributed by atoms with Gasteiger partial charge in [-0.05, 0) is 25.0 Å². The van der Waals surface area contributed by atoms with Crippen LogP contribution in [0, 0.1) is 11.6 Å². The van der Waals surface area contributed by atoms with E-state index in [4.69, 9.17) is 10.3 Å². The molecular weight excluding hydrogens is 252 g/mol. The van der Waals surface area contributed by atoms with Crippen LogP contribution in [-0.2, 0) is 0 Å². The van der Waals surface area contributed by atoms with E-state index in [0.717, 1.165) is 31.4 Å². The smallest absolute Gasteiger partial charge is 0.231 e. The number of halogens is 2. The van der Waals surface area contributed by atoms with Crippen LogP contribution < -0.4 is 5.73 Å². The molecule has 3 rings (SSSR count). The second-order valence-corrected chi connectivity index (χ2v) is 4.78. The summed E-state index contributed by atoms with van der Waals surface area (Å²) in [6, 6.07) is 3.27. The van der Waals surface area contributed by atoms with Crippen molar-refractivity contribution in [2.45, 2.75) is 31.2 Å². The number of hydrogen-bond donors (Lipinski definition) is 1. The quantitative estimate of drug-likeness (QED) is 0.906. The van der Waals surface area contributed by atoms with E-state index in [9.17, 15) is 8.78 Å². The summed E-state index contributed by atoms with van der Waals surface area (Å²) in [6.07, 6.45) is 2.84. The lowest BCUT2D eigenvalue weighted by Gasteiger charge is -2.08. The minimum absolute atomic E-state index is 0.00589. The molecular formula is C13H13F2N3O. The summed E-state index contributed by atoms with van der Waals surface area (Å²) >= 11 is 0. The third kappa shape index (κ3) is 2.23. The van der Waals surface area contributed by atoms with Gasteiger partial charge >= 0.3 is 0 Å². The van der Waals surface area contributed by atoms with Crippen LogP contribution in [0.25, 0.3) is 11.4 Å². The fourth-order valence-electron chi connectivity index (χ4n) is 2.46. The van der Waals surface area contributed by atoms with Gasteiger partial charge in [-0.15, -0.1) is 0 Å². The van der Waals surface area contributed by atoms with Gasteiger partial charge in [-0.2, -0.15) is 4.98 Å². The Morgan fingerprint density at radius 2 is 2.11 bits per heavy atom. The van der Waals surface area contributed by atoms with E-state index in [1.807, 2.05) is 0 Å². The van der Waals surface area contributed by atoms with Gasteiger partial charge in [0.15, 0.2) is 0 Å². The fourth-order valence-corrected chi connectivity index (χ4v) is 2.46. The van der Waals surface area contributed by atoms with E-state index in [2.05, 4.69) is 10.1 Å². The van der Waals surface area contributed by atoms with E-state index < -0.39 is 11.6 Å². The largest absolute Gasteiger partial charge is 0.339 e. The van der Waals surface area contributed by atoms with Gasteiger partial charge in [-0.25, -0.2) is 8.78 Å². The van der Waals surface area contributed by atoms with Crippen molar-refractivity contribution in [1.29, 1.82) is 0 Å². The number of aromatic nitrogens is 2. The summed E-state index contributed by atoms with van der Waals surface area (Å²) in [5.74, 6) is -0.745. The van der Waals surface area contributed by atoms with Crippen LogP contribution in [0.2, 0.25) is 0 Å². The highest BCUT2D eigenvalue weighted by atomic mass is 19.1. The molecule has 2 aromatic rings. The van der Waals surface area contributed by atoms with Crippen molar-refractivity contribution in [1.82, 2.24) is 10.1 Å². The molecule has 4 nitrogen and oxygen atoms in total. The fraction of sp³-hybridized carbons (Fsp3) is 0.385. The molecule has 0 radical (unpaired) electrons. The average Bonchev–Trinajstić information content (AvgIpc) is 2.97. The van der Waals surface area contributed by atoms with E-state index in [1.165, 1.54) is 6.07 Å². The van der Waals surface area contributed by atoms with Crippen LogP contribution in [0.4, 0.5) is 8.78 Å². The second kappa shape index (κ2) is 4.70. The predicted octanol–water partition coefficient (Wildman–Crippen LogP) is 2.61. The zero-order valence-electron chi connectivity index (χ0n) is 10.1. The lowest BCUT2D eigenvalue weighted by Crippen LogP contribution is -2.22. The van der Waals surface area contributed by atoms with Crippen molar-refractivity contribution in [2.75, 3.05) is 0 Å². The third-order valence-electron chi connectivity index (χ3n) is 3.50. The Bertz CT molecular complexity index is 599. The van der Waals surface area contributed by atoms with Crippen LogP contribution in [-0.4, -0.2) is 16.2 Å². The van der Waals surface area contributed by atoms with Gasteiger partial charge in [0.2, 0.25) is 11.7 Å². The third-order valence-corrected chi connectivity index (χ3v) is 3.50. The topological polar surface area (TPSA) is 64.9 Å². The van der Waals surface area contributed by atoms with Crippen molar-refractivity contribution in [3.63, 3.8) is 0 Å². The average molecular weight is 265 g/mol. The molecule has 1 heterocycles. The molecule has 1 aliphatic carbocycles. The first-order valence-electron chi connectivity index (χ1n) is 6.20. The highest BCUT2D eigenvalue weighted by molar-refractivity contribution is 5.55. The Labute approximate surface area is 108 Å². The van der Waals surface area contributed by atoms with Crippen LogP contribution in [0.3, 0.4) is 0 Å². The molecule has 0 aliphatic heterocycles.